The SMILES string of the molecule is O=C(O)Cn1nnnc1C1CCCCC1C(F)(F)F. The van der Waals surface area contributed by atoms with Gasteiger partial charge in [0, 0.05) is 5.92 Å². The van der Waals surface area contributed by atoms with Gasteiger partial charge < -0.3 is 5.11 Å². The lowest BCUT2D eigenvalue weighted by Gasteiger charge is -2.31. The first-order chi connectivity index (χ1) is 8.89. The topological polar surface area (TPSA) is 80.9 Å². The molecule has 0 aromatic carbocycles. The predicted octanol–water partition coefficient (Wildman–Crippen LogP) is 1.59. The van der Waals surface area contributed by atoms with E-state index in [-0.39, 0.29) is 12.2 Å². The number of nitrogens with zero attached hydrogens (tertiary/aromatic N) is 4. The third-order valence-electron chi connectivity index (χ3n) is 3.36. The van der Waals surface area contributed by atoms with Gasteiger partial charge in [0.2, 0.25) is 0 Å². The molecule has 1 aliphatic rings. The monoisotopic (exact) mass is 278 g/mol. The number of tetrazole rings is 1. The van der Waals surface area contributed by atoms with E-state index >= 15 is 0 Å². The highest BCUT2D eigenvalue weighted by molar-refractivity contribution is 5.66. The molecule has 0 radical (unpaired) electrons. The molecular formula is C10H13F3N4O2. The molecule has 19 heavy (non-hydrogen) atoms. The first-order valence-electron chi connectivity index (χ1n) is 5.94. The van der Waals surface area contributed by atoms with Crippen molar-refractivity contribution in [3.8, 4) is 0 Å². The Morgan fingerprint density at radius 3 is 2.68 bits per heavy atom. The Labute approximate surface area is 106 Å². The number of aromatic nitrogens is 4. The number of hydrogen-bond donors (Lipinski definition) is 1. The van der Waals surface area contributed by atoms with Gasteiger partial charge in [-0.05, 0) is 23.3 Å². The van der Waals surface area contributed by atoms with E-state index in [1.54, 1.807) is 0 Å². The van der Waals surface area contributed by atoms with Crippen LogP contribution in [-0.2, 0) is 11.3 Å². The number of carboxylic acid groups (broad SMARTS) is 1. The summed E-state index contributed by atoms with van der Waals surface area (Å²) in [7, 11) is 0. The number of carbonyl (C=O) groups is 1. The van der Waals surface area contributed by atoms with Crippen molar-refractivity contribution in [1.82, 2.24) is 20.2 Å². The molecule has 2 atom stereocenters. The number of hydrogen-bond acceptors (Lipinski definition) is 4. The van der Waals surface area contributed by atoms with Gasteiger partial charge in [-0.1, -0.05) is 12.8 Å². The summed E-state index contributed by atoms with van der Waals surface area (Å²) in [6.07, 6.45) is -2.78. The summed E-state index contributed by atoms with van der Waals surface area (Å²) in [5.41, 5.74) is 0. The fraction of sp³-hybridized carbons (Fsp3) is 0.800. The molecule has 1 saturated carbocycles. The van der Waals surface area contributed by atoms with Crippen LogP contribution < -0.4 is 0 Å². The molecule has 0 aliphatic heterocycles. The van der Waals surface area contributed by atoms with Crippen LogP contribution in [0.3, 0.4) is 0 Å². The second-order valence-corrected chi connectivity index (χ2v) is 4.63. The van der Waals surface area contributed by atoms with Crippen LogP contribution in [0, 0.1) is 5.92 Å². The molecule has 2 unspecified atom stereocenters. The third kappa shape index (κ3) is 3.02. The highest BCUT2D eigenvalue weighted by Crippen LogP contribution is 2.45. The van der Waals surface area contributed by atoms with E-state index in [1.165, 1.54) is 0 Å². The highest BCUT2D eigenvalue weighted by Gasteiger charge is 2.47. The minimum absolute atomic E-state index is 0.0180. The Morgan fingerprint density at radius 2 is 2.05 bits per heavy atom. The van der Waals surface area contributed by atoms with E-state index in [4.69, 9.17) is 5.11 Å². The average Bonchev–Trinajstić information content (AvgIpc) is 2.75. The first-order valence-corrected chi connectivity index (χ1v) is 5.94. The van der Waals surface area contributed by atoms with E-state index in [0.29, 0.717) is 19.3 Å². The molecule has 0 bridgehead atoms. The molecule has 1 N–H and O–H groups in total. The molecule has 1 aromatic heterocycles. The molecule has 1 aromatic rings. The molecule has 0 saturated heterocycles. The van der Waals surface area contributed by atoms with Crippen molar-refractivity contribution in [2.75, 3.05) is 0 Å². The van der Waals surface area contributed by atoms with Crippen LogP contribution in [0.1, 0.15) is 37.4 Å². The number of halogens is 3. The van der Waals surface area contributed by atoms with Gasteiger partial charge in [-0.2, -0.15) is 13.2 Å². The minimum atomic E-state index is -4.31. The van der Waals surface area contributed by atoms with Crippen molar-refractivity contribution in [2.24, 2.45) is 5.92 Å². The van der Waals surface area contributed by atoms with Gasteiger partial charge in [-0.3, -0.25) is 4.79 Å². The summed E-state index contributed by atoms with van der Waals surface area (Å²) >= 11 is 0. The Hall–Kier alpha value is -1.67. The first kappa shape index (κ1) is 13.8. The van der Waals surface area contributed by atoms with Gasteiger partial charge in [-0.25, -0.2) is 4.68 Å². The van der Waals surface area contributed by atoms with Crippen LogP contribution in [-0.4, -0.2) is 37.5 Å². The summed E-state index contributed by atoms with van der Waals surface area (Å²) in [5, 5.41) is 19.0. The lowest BCUT2D eigenvalue weighted by molar-refractivity contribution is -0.188. The molecule has 2 rings (SSSR count). The van der Waals surface area contributed by atoms with Crippen LogP contribution >= 0.6 is 0 Å². The van der Waals surface area contributed by atoms with Crippen LogP contribution in [0.2, 0.25) is 0 Å². The van der Waals surface area contributed by atoms with E-state index in [2.05, 4.69) is 15.5 Å². The predicted molar refractivity (Wildman–Crippen MR) is 56.2 cm³/mol. The van der Waals surface area contributed by atoms with E-state index < -0.39 is 30.5 Å². The molecular weight excluding hydrogens is 265 g/mol. The fourth-order valence-corrected chi connectivity index (χ4v) is 2.55. The summed E-state index contributed by atoms with van der Waals surface area (Å²) in [4.78, 5) is 10.6. The molecule has 9 heteroatoms. The maximum Gasteiger partial charge on any atom is 0.392 e. The maximum absolute atomic E-state index is 13.0. The smallest absolute Gasteiger partial charge is 0.392 e. The second-order valence-electron chi connectivity index (χ2n) is 4.63. The van der Waals surface area contributed by atoms with Crippen molar-refractivity contribution >= 4 is 5.97 Å². The lowest BCUT2D eigenvalue weighted by atomic mass is 9.78. The van der Waals surface area contributed by atoms with Gasteiger partial charge >= 0.3 is 12.1 Å². The highest BCUT2D eigenvalue weighted by atomic mass is 19.4. The summed E-state index contributed by atoms with van der Waals surface area (Å²) < 4.78 is 39.9. The molecule has 6 nitrogen and oxygen atoms in total. The number of alkyl halides is 3. The van der Waals surface area contributed by atoms with E-state index in [9.17, 15) is 18.0 Å². The van der Waals surface area contributed by atoms with Crippen LogP contribution in [0.5, 0.6) is 0 Å². The number of aliphatic carboxylic acids is 1. The molecule has 1 aliphatic carbocycles. The summed E-state index contributed by atoms with van der Waals surface area (Å²) in [5.74, 6) is -3.53. The third-order valence-corrected chi connectivity index (χ3v) is 3.36. The fourth-order valence-electron chi connectivity index (χ4n) is 2.55. The Balaban J connectivity index is 2.27. The van der Waals surface area contributed by atoms with Crippen LogP contribution in [0.25, 0.3) is 0 Å². The van der Waals surface area contributed by atoms with Crippen molar-refractivity contribution in [3.05, 3.63) is 5.82 Å². The van der Waals surface area contributed by atoms with Gasteiger partial charge in [0.25, 0.3) is 0 Å². The largest absolute Gasteiger partial charge is 0.480 e. The summed E-state index contributed by atoms with van der Waals surface area (Å²) in [6.45, 7) is -0.524. The normalized spacial score (nSPS) is 24.4. The molecule has 0 amide bonds. The molecule has 1 heterocycles. The zero-order chi connectivity index (χ0) is 14.0. The van der Waals surface area contributed by atoms with Crippen LogP contribution in [0.15, 0.2) is 0 Å². The zero-order valence-corrected chi connectivity index (χ0v) is 9.97. The standard InChI is InChI=1S/C10H13F3N4O2/c11-10(12,13)7-4-2-1-3-6(7)9-14-15-16-17(9)5-8(18)19/h6-7H,1-5H2,(H,18,19). The van der Waals surface area contributed by atoms with Gasteiger partial charge in [-0.15, -0.1) is 5.10 Å². The Morgan fingerprint density at radius 1 is 1.37 bits per heavy atom. The summed E-state index contributed by atoms with van der Waals surface area (Å²) in [6, 6.07) is 0. The Bertz CT molecular complexity index is 460. The van der Waals surface area contributed by atoms with Crippen molar-refractivity contribution in [1.29, 1.82) is 0 Å². The van der Waals surface area contributed by atoms with Gasteiger partial charge in [0.05, 0.1) is 5.92 Å². The molecule has 106 valence electrons. The average molecular weight is 278 g/mol. The maximum atomic E-state index is 13.0. The quantitative estimate of drug-likeness (QED) is 0.908. The van der Waals surface area contributed by atoms with E-state index in [1.807, 2.05) is 0 Å². The molecule has 0 spiro atoms. The minimum Gasteiger partial charge on any atom is -0.480 e. The number of carboxylic acids is 1. The van der Waals surface area contributed by atoms with Crippen LogP contribution in [0.4, 0.5) is 13.2 Å². The number of rotatable bonds is 3. The van der Waals surface area contributed by atoms with Gasteiger partial charge in [0.1, 0.15) is 6.54 Å². The van der Waals surface area contributed by atoms with Crippen molar-refractivity contribution < 1.29 is 23.1 Å². The zero-order valence-electron chi connectivity index (χ0n) is 9.97. The van der Waals surface area contributed by atoms with Gasteiger partial charge in [0.15, 0.2) is 5.82 Å². The molecule has 1 fully saturated rings. The van der Waals surface area contributed by atoms with Crippen molar-refractivity contribution in [2.45, 2.75) is 44.3 Å². The van der Waals surface area contributed by atoms with Crippen molar-refractivity contribution in [3.63, 3.8) is 0 Å². The Kier molecular flexibility index (Phi) is 3.72. The lowest BCUT2D eigenvalue weighted by Crippen LogP contribution is -2.33. The van der Waals surface area contributed by atoms with E-state index in [0.717, 1.165) is 4.68 Å². The second kappa shape index (κ2) is 5.14.